The molecule has 64 valence electrons. The van der Waals surface area contributed by atoms with E-state index >= 15 is 0 Å². The van der Waals surface area contributed by atoms with Gasteiger partial charge in [-0.05, 0) is 17.5 Å². The van der Waals surface area contributed by atoms with E-state index in [0.29, 0.717) is 11.9 Å². The van der Waals surface area contributed by atoms with Gasteiger partial charge in [-0.25, -0.2) is 0 Å². The van der Waals surface area contributed by atoms with Gasteiger partial charge in [0.15, 0.2) is 0 Å². The van der Waals surface area contributed by atoms with Gasteiger partial charge in [0.1, 0.15) is 0 Å². The van der Waals surface area contributed by atoms with Crippen LogP contribution in [0, 0.1) is 0 Å². The highest BCUT2D eigenvalue weighted by Crippen LogP contribution is 2.12. The van der Waals surface area contributed by atoms with Crippen LogP contribution >= 0.6 is 0 Å². The smallest absolute Gasteiger partial charge is 0.423 e. The van der Waals surface area contributed by atoms with Crippen molar-refractivity contribution in [2.45, 2.75) is 6.42 Å². The number of aliphatic hydroxyl groups excluding tert-OH is 1. The van der Waals surface area contributed by atoms with Crippen LogP contribution in [0.1, 0.15) is 6.42 Å². The maximum atomic E-state index is 8.84. The van der Waals surface area contributed by atoms with E-state index in [1.165, 1.54) is 0 Å². The lowest BCUT2D eigenvalue weighted by molar-refractivity contribution is 0.329. The third-order valence-electron chi connectivity index (χ3n) is 1.68. The first-order valence-corrected chi connectivity index (χ1v) is 3.77. The highest BCUT2D eigenvalue weighted by atomic mass is 16.4. The summed E-state index contributed by atoms with van der Waals surface area (Å²) in [5.74, 6) is 0. The van der Waals surface area contributed by atoms with Gasteiger partial charge in [0.25, 0.3) is 0 Å². The molecule has 1 aliphatic rings. The molecule has 0 heterocycles. The summed E-state index contributed by atoms with van der Waals surface area (Å²) in [5.41, 5.74) is 1.19. The van der Waals surface area contributed by atoms with E-state index in [9.17, 15) is 0 Å². The van der Waals surface area contributed by atoms with Crippen molar-refractivity contribution in [3.05, 3.63) is 35.3 Å². The first kappa shape index (κ1) is 9.25. The molecule has 1 aliphatic carbocycles. The highest BCUT2D eigenvalue weighted by molar-refractivity contribution is 6.51. The predicted molar refractivity (Wildman–Crippen MR) is 47.2 cm³/mol. The Kier molecular flexibility index (Phi) is 3.28. The van der Waals surface area contributed by atoms with Gasteiger partial charge in [0.2, 0.25) is 0 Å². The largest absolute Gasteiger partial charge is 0.488 e. The molecule has 3 N–H and O–H groups in total. The Bertz CT molecular complexity index is 241. The molecule has 0 radical (unpaired) electrons. The van der Waals surface area contributed by atoms with Crippen molar-refractivity contribution in [2.24, 2.45) is 0 Å². The summed E-state index contributed by atoms with van der Waals surface area (Å²) in [5, 5.41) is 26.5. The molecule has 0 unspecified atom stereocenters. The van der Waals surface area contributed by atoms with E-state index in [0.717, 1.165) is 5.57 Å². The van der Waals surface area contributed by atoms with Crippen LogP contribution in [0.2, 0.25) is 0 Å². The normalized spacial score (nSPS) is 16.6. The monoisotopic (exact) mass is 166 g/mol. The van der Waals surface area contributed by atoms with Crippen molar-refractivity contribution < 1.29 is 15.2 Å². The maximum Gasteiger partial charge on any atom is 0.488 e. The second-order valence-electron chi connectivity index (χ2n) is 2.63. The molecule has 0 spiro atoms. The number of hydrogen-bond donors (Lipinski definition) is 3. The maximum absolute atomic E-state index is 8.84. The number of allylic oxidation sites excluding steroid dienone is 5. The Morgan fingerprint density at radius 1 is 1.42 bits per heavy atom. The van der Waals surface area contributed by atoms with Crippen molar-refractivity contribution >= 4 is 7.12 Å². The third kappa shape index (κ3) is 2.34. The molecule has 0 aromatic rings. The van der Waals surface area contributed by atoms with E-state index in [-0.39, 0.29) is 6.61 Å². The van der Waals surface area contributed by atoms with Crippen molar-refractivity contribution in [3.63, 3.8) is 0 Å². The van der Waals surface area contributed by atoms with Crippen LogP contribution < -0.4 is 0 Å². The van der Waals surface area contributed by atoms with Gasteiger partial charge in [-0.2, -0.15) is 0 Å². The fourth-order valence-electron chi connectivity index (χ4n) is 1.01. The molecule has 0 aromatic carbocycles. The summed E-state index contributed by atoms with van der Waals surface area (Å²) in [6.07, 6.45) is 7.48. The number of aliphatic hydroxyl groups is 1. The van der Waals surface area contributed by atoms with E-state index in [1.807, 2.05) is 6.08 Å². The molecule has 0 saturated carbocycles. The Hall–Kier alpha value is -0.835. The molecule has 0 amide bonds. The molecular formula is C8H11BO3. The fraction of sp³-hybridized carbons (Fsp3) is 0.250. The van der Waals surface area contributed by atoms with Gasteiger partial charge in [0.05, 0.1) is 6.61 Å². The zero-order valence-electron chi connectivity index (χ0n) is 6.64. The highest BCUT2D eigenvalue weighted by Gasteiger charge is 2.12. The molecule has 1 rings (SSSR count). The van der Waals surface area contributed by atoms with E-state index < -0.39 is 7.12 Å². The zero-order chi connectivity index (χ0) is 8.97. The molecular weight excluding hydrogens is 155 g/mol. The first-order valence-electron chi connectivity index (χ1n) is 3.77. The minimum absolute atomic E-state index is 0.0472. The second kappa shape index (κ2) is 4.26. The summed E-state index contributed by atoms with van der Waals surface area (Å²) >= 11 is 0. The minimum Gasteiger partial charge on any atom is -0.423 e. The van der Waals surface area contributed by atoms with Crippen molar-refractivity contribution in [2.75, 3.05) is 6.61 Å². The second-order valence-corrected chi connectivity index (χ2v) is 2.63. The van der Waals surface area contributed by atoms with Gasteiger partial charge >= 0.3 is 7.12 Å². The molecule has 3 nitrogen and oxygen atoms in total. The topological polar surface area (TPSA) is 60.7 Å². The van der Waals surface area contributed by atoms with Crippen LogP contribution in [0.15, 0.2) is 35.3 Å². The average molecular weight is 166 g/mol. The molecule has 0 atom stereocenters. The standard InChI is InChI=1S/C8H11BO3/c10-6-7-3-1-2-4-8(5-7)9(11)12/h1-2,4-5,10-12H,3,6H2. The zero-order valence-corrected chi connectivity index (χ0v) is 6.64. The van der Waals surface area contributed by atoms with Gasteiger partial charge < -0.3 is 15.2 Å². The molecule has 12 heavy (non-hydrogen) atoms. The number of rotatable bonds is 2. The van der Waals surface area contributed by atoms with Crippen LogP contribution in [0.4, 0.5) is 0 Å². The summed E-state index contributed by atoms with van der Waals surface area (Å²) in [6, 6.07) is 0. The predicted octanol–water partition coefficient (Wildman–Crippen LogP) is -0.197. The lowest BCUT2D eigenvalue weighted by atomic mass is 9.78. The first-order chi connectivity index (χ1) is 5.74. The van der Waals surface area contributed by atoms with Gasteiger partial charge in [-0.15, -0.1) is 0 Å². The van der Waals surface area contributed by atoms with E-state index in [2.05, 4.69) is 0 Å². The van der Waals surface area contributed by atoms with Crippen LogP contribution in [0.3, 0.4) is 0 Å². The quantitative estimate of drug-likeness (QED) is 0.498. The van der Waals surface area contributed by atoms with Crippen LogP contribution in [-0.4, -0.2) is 28.9 Å². The summed E-state index contributed by atoms with van der Waals surface area (Å²) in [4.78, 5) is 0. The fourth-order valence-corrected chi connectivity index (χ4v) is 1.01. The lowest BCUT2D eigenvalue weighted by Gasteiger charge is -2.00. The van der Waals surface area contributed by atoms with Crippen LogP contribution in [-0.2, 0) is 0 Å². The van der Waals surface area contributed by atoms with Crippen LogP contribution in [0.5, 0.6) is 0 Å². The van der Waals surface area contributed by atoms with Gasteiger partial charge in [-0.3, -0.25) is 0 Å². The Labute approximate surface area is 71.5 Å². The molecule has 0 fully saturated rings. The molecule has 0 bridgehead atoms. The summed E-state index contributed by atoms with van der Waals surface area (Å²) in [6.45, 7) is -0.0472. The molecule has 0 saturated heterocycles. The van der Waals surface area contributed by atoms with E-state index in [1.54, 1.807) is 18.2 Å². The Balaban J connectivity index is 2.84. The van der Waals surface area contributed by atoms with Crippen LogP contribution in [0.25, 0.3) is 0 Å². The van der Waals surface area contributed by atoms with Gasteiger partial charge in [-0.1, -0.05) is 24.3 Å². The number of hydrogen-bond acceptors (Lipinski definition) is 3. The SMILES string of the molecule is OCC1=CC(B(O)O)=CC=CC1. The van der Waals surface area contributed by atoms with E-state index in [4.69, 9.17) is 15.2 Å². The van der Waals surface area contributed by atoms with Crippen molar-refractivity contribution in [1.82, 2.24) is 0 Å². The lowest BCUT2D eigenvalue weighted by Crippen LogP contribution is -2.14. The molecule has 4 heteroatoms. The molecule has 0 aromatic heterocycles. The minimum atomic E-state index is -1.46. The third-order valence-corrected chi connectivity index (χ3v) is 1.68. The molecule has 0 aliphatic heterocycles. The Morgan fingerprint density at radius 3 is 2.75 bits per heavy atom. The summed E-state index contributed by atoms with van der Waals surface area (Å²) in [7, 11) is -1.46. The average Bonchev–Trinajstić information content (AvgIpc) is 2.28. The van der Waals surface area contributed by atoms with Gasteiger partial charge in [0, 0.05) is 0 Å². The van der Waals surface area contributed by atoms with Crippen molar-refractivity contribution in [1.29, 1.82) is 0 Å². The Morgan fingerprint density at radius 2 is 2.17 bits per heavy atom. The summed E-state index contributed by atoms with van der Waals surface area (Å²) < 4.78 is 0. The van der Waals surface area contributed by atoms with Crippen molar-refractivity contribution in [3.8, 4) is 0 Å².